The maximum Gasteiger partial charge on any atom is 0.310 e. The molecular formula is C19H23N3O4. The second-order valence-electron chi connectivity index (χ2n) is 6.69. The molecule has 0 unspecified atom stereocenters. The Morgan fingerprint density at radius 2 is 1.81 bits per heavy atom. The van der Waals surface area contributed by atoms with E-state index >= 15 is 0 Å². The first-order valence-corrected chi connectivity index (χ1v) is 8.95. The minimum atomic E-state index is -0.545. The number of benzene rings is 1. The van der Waals surface area contributed by atoms with Gasteiger partial charge in [-0.2, -0.15) is 5.10 Å². The number of hydrogen-bond donors (Lipinski definition) is 1. The van der Waals surface area contributed by atoms with Crippen LogP contribution in [0.4, 0.5) is 0 Å². The second-order valence-corrected chi connectivity index (χ2v) is 6.69. The summed E-state index contributed by atoms with van der Waals surface area (Å²) in [6.07, 6.45) is 3.56. The van der Waals surface area contributed by atoms with E-state index in [4.69, 9.17) is 10.5 Å². The Hall–Kier alpha value is -2.70. The topological polar surface area (TPSA) is 102 Å². The van der Waals surface area contributed by atoms with Crippen molar-refractivity contribution >= 4 is 23.5 Å². The zero-order chi connectivity index (χ0) is 18.5. The molecule has 1 aromatic carbocycles. The van der Waals surface area contributed by atoms with Crippen molar-refractivity contribution in [1.29, 1.82) is 0 Å². The number of nitrogens with two attached hydrogens (primary N) is 1. The fourth-order valence-electron chi connectivity index (χ4n) is 3.54. The van der Waals surface area contributed by atoms with Crippen LogP contribution in [0.15, 0.2) is 35.4 Å². The quantitative estimate of drug-likeness (QED) is 0.806. The number of ether oxygens (including phenoxy) is 1. The highest BCUT2D eigenvalue weighted by Gasteiger charge is 2.36. The average molecular weight is 357 g/mol. The fourth-order valence-corrected chi connectivity index (χ4v) is 3.54. The highest BCUT2D eigenvalue weighted by atomic mass is 16.5. The van der Waals surface area contributed by atoms with Crippen LogP contribution < -0.4 is 5.73 Å². The maximum atomic E-state index is 12.3. The molecule has 1 fully saturated rings. The molecular weight excluding hydrogens is 334 g/mol. The molecule has 2 atom stereocenters. The lowest BCUT2D eigenvalue weighted by molar-refractivity contribution is -0.159. The number of carbonyl (C=O) groups is 3. The smallest absolute Gasteiger partial charge is 0.310 e. The highest BCUT2D eigenvalue weighted by Crippen LogP contribution is 2.30. The number of hydrogen-bond acceptors (Lipinski definition) is 5. The largest absolute Gasteiger partial charge is 0.455 e. The number of amides is 2. The molecule has 2 aliphatic rings. The second kappa shape index (κ2) is 8.12. The lowest BCUT2D eigenvalue weighted by Gasteiger charge is -2.27. The van der Waals surface area contributed by atoms with Gasteiger partial charge in [-0.15, -0.1) is 0 Å². The van der Waals surface area contributed by atoms with Crippen molar-refractivity contribution in [2.75, 3.05) is 13.2 Å². The van der Waals surface area contributed by atoms with Crippen molar-refractivity contribution in [3.8, 4) is 0 Å². The SMILES string of the molecule is NC(=O)[C@H]1CCCC[C@H]1C(=O)OCC(=O)N1CCC(c2ccccc2)=N1. The highest BCUT2D eigenvalue weighted by molar-refractivity contribution is 6.02. The van der Waals surface area contributed by atoms with Crippen LogP contribution in [0.2, 0.25) is 0 Å². The van der Waals surface area contributed by atoms with Crippen LogP contribution in [0.1, 0.15) is 37.7 Å². The first-order valence-electron chi connectivity index (χ1n) is 8.95. The van der Waals surface area contributed by atoms with Gasteiger partial charge in [0.05, 0.1) is 24.1 Å². The van der Waals surface area contributed by atoms with Crippen LogP contribution in [0.5, 0.6) is 0 Å². The molecule has 2 N–H and O–H groups in total. The maximum absolute atomic E-state index is 12.3. The summed E-state index contributed by atoms with van der Waals surface area (Å²) in [5.41, 5.74) is 7.20. The van der Waals surface area contributed by atoms with Crippen molar-refractivity contribution in [3.05, 3.63) is 35.9 Å². The first-order chi connectivity index (χ1) is 12.6. The molecule has 1 saturated carbocycles. The van der Waals surface area contributed by atoms with E-state index < -0.39 is 23.7 Å². The molecule has 3 rings (SSSR count). The summed E-state index contributed by atoms with van der Waals surface area (Å²) >= 11 is 0. The van der Waals surface area contributed by atoms with Gasteiger partial charge in [0.15, 0.2) is 6.61 Å². The molecule has 0 saturated heterocycles. The lowest BCUT2D eigenvalue weighted by atomic mass is 9.79. The molecule has 7 heteroatoms. The Balaban J connectivity index is 1.55. The summed E-state index contributed by atoms with van der Waals surface area (Å²) in [6, 6.07) is 9.65. The number of rotatable bonds is 5. The number of hydrazone groups is 1. The van der Waals surface area contributed by atoms with E-state index in [2.05, 4.69) is 5.10 Å². The molecule has 0 spiro atoms. The first kappa shape index (κ1) is 18.1. The Morgan fingerprint density at radius 1 is 1.12 bits per heavy atom. The van der Waals surface area contributed by atoms with Gasteiger partial charge in [-0.05, 0) is 18.4 Å². The van der Waals surface area contributed by atoms with E-state index in [1.165, 1.54) is 5.01 Å². The minimum Gasteiger partial charge on any atom is -0.455 e. The lowest BCUT2D eigenvalue weighted by Crippen LogP contribution is -2.38. The van der Waals surface area contributed by atoms with Gasteiger partial charge < -0.3 is 10.5 Å². The van der Waals surface area contributed by atoms with Crippen molar-refractivity contribution in [1.82, 2.24) is 5.01 Å². The summed E-state index contributed by atoms with van der Waals surface area (Å²) in [5, 5.41) is 5.66. The Labute approximate surface area is 152 Å². The minimum absolute atomic E-state index is 0.365. The van der Waals surface area contributed by atoms with Crippen molar-refractivity contribution in [2.45, 2.75) is 32.1 Å². The Kier molecular flexibility index (Phi) is 5.65. The summed E-state index contributed by atoms with van der Waals surface area (Å²) < 4.78 is 5.17. The van der Waals surface area contributed by atoms with Gasteiger partial charge in [0.1, 0.15) is 0 Å². The van der Waals surface area contributed by atoms with E-state index in [1.54, 1.807) is 0 Å². The van der Waals surface area contributed by atoms with Gasteiger partial charge in [0.2, 0.25) is 5.91 Å². The average Bonchev–Trinajstić information content (AvgIpc) is 3.17. The molecule has 0 bridgehead atoms. The summed E-state index contributed by atoms with van der Waals surface area (Å²) in [4.78, 5) is 36.1. The van der Waals surface area contributed by atoms with Crippen LogP contribution in [-0.2, 0) is 19.1 Å². The van der Waals surface area contributed by atoms with E-state index in [-0.39, 0.29) is 12.5 Å². The molecule has 2 amide bonds. The Morgan fingerprint density at radius 3 is 2.50 bits per heavy atom. The van der Waals surface area contributed by atoms with Gasteiger partial charge in [0.25, 0.3) is 5.91 Å². The molecule has 138 valence electrons. The molecule has 1 aromatic rings. The third-order valence-corrected chi connectivity index (χ3v) is 4.97. The van der Waals surface area contributed by atoms with Gasteiger partial charge in [-0.25, -0.2) is 5.01 Å². The normalized spacial score (nSPS) is 22.6. The number of primary amides is 1. The monoisotopic (exact) mass is 357 g/mol. The van der Waals surface area contributed by atoms with E-state index in [9.17, 15) is 14.4 Å². The van der Waals surface area contributed by atoms with Crippen LogP contribution in [0.3, 0.4) is 0 Å². The van der Waals surface area contributed by atoms with Crippen LogP contribution in [0.25, 0.3) is 0 Å². The Bertz CT molecular complexity index is 717. The third kappa shape index (κ3) is 4.09. The summed E-state index contributed by atoms with van der Waals surface area (Å²) in [5.74, 6) is -2.41. The van der Waals surface area contributed by atoms with Gasteiger partial charge in [-0.3, -0.25) is 14.4 Å². The zero-order valence-corrected chi connectivity index (χ0v) is 14.6. The molecule has 1 aliphatic heterocycles. The van der Waals surface area contributed by atoms with Gasteiger partial charge in [-0.1, -0.05) is 43.2 Å². The van der Waals surface area contributed by atoms with E-state index in [1.807, 2.05) is 30.3 Å². The van der Waals surface area contributed by atoms with Crippen molar-refractivity contribution < 1.29 is 19.1 Å². The van der Waals surface area contributed by atoms with Crippen LogP contribution in [0, 0.1) is 11.8 Å². The molecule has 0 radical (unpaired) electrons. The van der Waals surface area contributed by atoms with Crippen LogP contribution in [-0.4, -0.2) is 41.7 Å². The zero-order valence-electron chi connectivity index (χ0n) is 14.6. The molecule has 26 heavy (non-hydrogen) atoms. The molecule has 1 aliphatic carbocycles. The number of esters is 1. The van der Waals surface area contributed by atoms with Gasteiger partial charge >= 0.3 is 5.97 Å². The van der Waals surface area contributed by atoms with Gasteiger partial charge in [0, 0.05) is 6.42 Å². The summed E-state index contributed by atoms with van der Waals surface area (Å²) in [7, 11) is 0. The molecule has 7 nitrogen and oxygen atoms in total. The summed E-state index contributed by atoms with van der Waals surface area (Å²) in [6.45, 7) is 0.0976. The predicted octanol–water partition coefficient (Wildman–Crippen LogP) is 1.46. The number of nitrogens with zero attached hydrogens (tertiary/aromatic N) is 2. The molecule has 1 heterocycles. The van der Waals surface area contributed by atoms with Crippen molar-refractivity contribution in [3.63, 3.8) is 0 Å². The van der Waals surface area contributed by atoms with Crippen LogP contribution >= 0.6 is 0 Å². The third-order valence-electron chi connectivity index (χ3n) is 4.97. The predicted molar refractivity (Wildman–Crippen MR) is 94.9 cm³/mol. The standard InChI is InChI=1S/C19H23N3O4/c20-18(24)14-8-4-5-9-15(14)19(25)26-12-17(23)22-11-10-16(21-22)13-6-2-1-3-7-13/h1-3,6-7,14-15H,4-5,8-12H2,(H2,20,24)/t14-,15+/m0/s1. The molecule has 0 aromatic heterocycles. The van der Waals surface area contributed by atoms with Crippen molar-refractivity contribution in [2.24, 2.45) is 22.7 Å². The fraction of sp³-hybridized carbons (Fsp3) is 0.474. The van der Waals surface area contributed by atoms with E-state index in [0.29, 0.717) is 25.8 Å². The van der Waals surface area contributed by atoms with E-state index in [0.717, 1.165) is 24.1 Å². The number of carbonyl (C=O) groups excluding carboxylic acids is 3.